The lowest BCUT2D eigenvalue weighted by atomic mass is 10.2. The van der Waals surface area contributed by atoms with Gasteiger partial charge in [-0.2, -0.15) is 18.2 Å². The monoisotopic (exact) mass is 364 g/mol. The van der Waals surface area contributed by atoms with Crippen molar-refractivity contribution in [3.63, 3.8) is 0 Å². The maximum Gasteiger partial charge on any atom is 0.451 e. The molecule has 0 unspecified atom stereocenters. The van der Waals surface area contributed by atoms with E-state index < -0.39 is 23.9 Å². The lowest BCUT2D eigenvalue weighted by Gasteiger charge is -2.06. The van der Waals surface area contributed by atoms with Gasteiger partial charge in [0.2, 0.25) is 11.8 Å². The molecule has 0 fully saturated rings. The minimum Gasteiger partial charge on any atom is -0.497 e. The predicted molar refractivity (Wildman–Crippen MR) is 70.0 cm³/mol. The number of aromatic nitrogens is 3. The zero-order chi connectivity index (χ0) is 15.6. The van der Waals surface area contributed by atoms with E-state index in [4.69, 9.17) is 4.74 Å². The second-order valence-electron chi connectivity index (χ2n) is 3.81. The van der Waals surface area contributed by atoms with Crippen molar-refractivity contribution in [1.82, 2.24) is 15.2 Å². The molecule has 2 rings (SSSR count). The SMILES string of the molecule is COc1ccc(Br)c(C(=O)Nc2n[nH]c(C(F)(F)F)n2)c1. The second-order valence-corrected chi connectivity index (χ2v) is 4.66. The number of halogens is 4. The van der Waals surface area contributed by atoms with Crippen molar-refractivity contribution in [1.29, 1.82) is 0 Å². The zero-order valence-electron chi connectivity index (χ0n) is 10.5. The summed E-state index contributed by atoms with van der Waals surface area (Å²) in [6, 6.07) is 4.62. The minimum absolute atomic E-state index is 0.174. The summed E-state index contributed by atoms with van der Waals surface area (Å²) in [5, 5.41) is 7.15. The van der Waals surface area contributed by atoms with Gasteiger partial charge in [0, 0.05) is 4.47 Å². The Labute approximate surface area is 124 Å². The average Bonchev–Trinajstić information content (AvgIpc) is 2.87. The first kappa shape index (κ1) is 15.3. The van der Waals surface area contributed by atoms with Gasteiger partial charge in [-0.05, 0) is 34.1 Å². The van der Waals surface area contributed by atoms with E-state index in [1.54, 1.807) is 17.2 Å². The van der Waals surface area contributed by atoms with E-state index in [9.17, 15) is 18.0 Å². The number of nitrogens with zero attached hydrogens (tertiary/aromatic N) is 2. The lowest BCUT2D eigenvalue weighted by Crippen LogP contribution is -2.14. The van der Waals surface area contributed by atoms with Crippen molar-refractivity contribution < 1.29 is 22.7 Å². The average molecular weight is 365 g/mol. The van der Waals surface area contributed by atoms with Crippen molar-refractivity contribution in [2.75, 3.05) is 12.4 Å². The summed E-state index contributed by atoms with van der Waals surface area (Å²) in [6.07, 6.45) is -4.66. The number of anilines is 1. The van der Waals surface area contributed by atoms with Crippen molar-refractivity contribution in [2.45, 2.75) is 6.18 Å². The van der Waals surface area contributed by atoms with E-state index in [-0.39, 0.29) is 5.56 Å². The highest BCUT2D eigenvalue weighted by molar-refractivity contribution is 9.10. The molecule has 21 heavy (non-hydrogen) atoms. The molecule has 1 aromatic carbocycles. The molecule has 6 nitrogen and oxygen atoms in total. The topological polar surface area (TPSA) is 79.9 Å². The number of carbonyl (C=O) groups excluding carboxylic acids is 1. The number of ether oxygens (including phenoxy) is 1. The van der Waals surface area contributed by atoms with Crippen molar-refractivity contribution in [2.24, 2.45) is 0 Å². The number of hydrogen-bond acceptors (Lipinski definition) is 4. The fourth-order valence-corrected chi connectivity index (χ4v) is 1.85. The van der Waals surface area contributed by atoms with Gasteiger partial charge in [0.05, 0.1) is 12.7 Å². The number of rotatable bonds is 3. The summed E-state index contributed by atoms with van der Waals surface area (Å²) < 4.78 is 42.5. The molecule has 2 N–H and O–H groups in total. The van der Waals surface area contributed by atoms with Gasteiger partial charge in [-0.15, -0.1) is 5.10 Å². The summed E-state index contributed by atoms with van der Waals surface area (Å²) in [7, 11) is 1.43. The fraction of sp³-hybridized carbons (Fsp3) is 0.182. The molecule has 0 saturated heterocycles. The van der Waals surface area contributed by atoms with Crippen LogP contribution in [0.4, 0.5) is 19.1 Å². The molecular formula is C11H8BrF3N4O2. The van der Waals surface area contributed by atoms with Gasteiger partial charge in [-0.25, -0.2) is 0 Å². The number of aromatic amines is 1. The number of amides is 1. The van der Waals surface area contributed by atoms with Crippen LogP contribution in [0.5, 0.6) is 5.75 Å². The third-order valence-electron chi connectivity index (χ3n) is 2.40. The van der Waals surface area contributed by atoms with Gasteiger partial charge < -0.3 is 4.74 Å². The highest BCUT2D eigenvalue weighted by atomic mass is 79.9. The number of benzene rings is 1. The maximum atomic E-state index is 12.4. The van der Waals surface area contributed by atoms with Gasteiger partial charge in [-0.3, -0.25) is 15.2 Å². The molecule has 0 aliphatic heterocycles. The van der Waals surface area contributed by atoms with Crippen molar-refractivity contribution >= 4 is 27.8 Å². The highest BCUT2D eigenvalue weighted by Crippen LogP contribution is 2.27. The van der Waals surface area contributed by atoms with Crippen LogP contribution >= 0.6 is 15.9 Å². The Morgan fingerprint density at radius 2 is 2.14 bits per heavy atom. The van der Waals surface area contributed by atoms with Gasteiger partial charge in [0.25, 0.3) is 5.91 Å². The lowest BCUT2D eigenvalue weighted by molar-refractivity contribution is -0.144. The molecule has 112 valence electrons. The Morgan fingerprint density at radius 3 is 2.71 bits per heavy atom. The molecule has 0 bridgehead atoms. The minimum atomic E-state index is -4.66. The van der Waals surface area contributed by atoms with Gasteiger partial charge in [-0.1, -0.05) is 0 Å². The van der Waals surface area contributed by atoms with Crippen LogP contribution in [0.2, 0.25) is 0 Å². The van der Waals surface area contributed by atoms with E-state index in [0.717, 1.165) is 0 Å². The highest BCUT2D eigenvalue weighted by Gasteiger charge is 2.35. The van der Waals surface area contributed by atoms with E-state index >= 15 is 0 Å². The molecule has 0 spiro atoms. The number of nitrogens with one attached hydrogen (secondary N) is 2. The first-order valence-electron chi connectivity index (χ1n) is 5.45. The Bertz CT molecular complexity index is 672. The van der Waals surface area contributed by atoms with Crippen LogP contribution in [0, 0.1) is 0 Å². The Kier molecular flexibility index (Phi) is 4.16. The molecule has 10 heteroatoms. The van der Waals surface area contributed by atoms with E-state index in [1.807, 2.05) is 0 Å². The molecule has 0 saturated carbocycles. The molecule has 0 aliphatic carbocycles. The van der Waals surface area contributed by atoms with Crippen LogP contribution in [0.25, 0.3) is 0 Å². The van der Waals surface area contributed by atoms with Crippen LogP contribution in [-0.2, 0) is 6.18 Å². The van der Waals surface area contributed by atoms with Crippen LogP contribution in [0.3, 0.4) is 0 Å². The smallest absolute Gasteiger partial charge is 0.451 e. The summed E-state index contributed by atoms with van der Waals surface area (Å²) in [4.78, 5) is 15.1. The summed E-state index contributed by atoms with van der Waals surface area (Å²) in [5.41, 5.74) is 0.174. The molecule has 0 atom stereocenters. The third kappa shape index (κ3) is 3.51. The first-order chi connectivity index (χ1) is 9.81. The van der Waals surface area contributed by atoms with Crippen molar-refractivity contribution in [3.8, 4) is 5.75 Å². The number of alkyl halides is 3. The number of methoxy groups -OCH3 is 1. The first-order valence-corrected chi connectivity index (χ1v) is 6.25. The van der Waals surface area contributed by atoms with E-state index in [2.05, 4.69) is 31.3 Å². The van der Waals surface area contributed by atoms with Gasteiger partial charge in [0.15, 0.2) is 0 Å². The summed E-state index contributed by atoms with van der Waals surface area (Å²) in [6.45, 7) is 0. The second kappa shape index (κ2) is 5.72. The molecular weight excluding hydrogens is 357 g/mol. The number of carbonyl (C=O) groups is 1. The molecule has 0 aliphatic rings. The molecule has 1 aromatic heterocycles. The third-order valence-corrected chi connectivity index (χ3v) is 3.09. The van der Waals surface area contributed by atoms with Crippen LogP contribution in [0.1, 0.15) is 16.2 Å². The Balaban J connectivity index is 2.20. The normalized spacial score (nSPS) is 11.3. The van der Waals surface area contributed by atoms with Crippen LogP contribution < -0.4 is 10.1 Å². The number of hydrogen-bond donors (Lipinski definition) is 2. The fourth-order valence-electron chi connectivity index (χ4n) is 1.42. The zero-order valence-corrected chi connectivity index (χ0v) is 12.0. The summed E-state index contributed by atoms with van der Waals surface area (Å²) >= 11 is 3.17. The van der Waals surface area contributed by atoms with E-state index in [0.29, 0.717) is 10.2 Å². The van der Waals surface area contributed by atoms with Gasteiger partial charge in [0.1, 0.15) is 5.75 Å². The van der Waals surface area contributed by atoms with E-state index in [1.165, 1.54) is 13.2 Å². The van der Waals surface area contributed by atoms with Gasteiger partial charge >= 0.3 is 6.18 Å². The quantitative estimate of drug-likeness (QED) is 0.877. The largest absolute Gasteiger partial charge is 0.497 e. The molecule has 2 aromatic rings. The molecule has 0 radical (unpaired) electrons. The predicted octanol–water partition coefficient (Wildman–Crippen LogP) is 2.85. The van der Waals surface area contributed by atoms with Crippen LogP contribution in [-0.4, -0.2) is 28.2 Å². The van der Waals surface area contributed by atoms with Crippen molar-refractivity contribution in [3.05, 3.63) is 34.1 Å². The molecule has 1 amide bonds. The molecule has 1 heterocycles. The standard InChI is InChI=1S/C11H8BrF3N4O2/c1-21-5-2-3-7(12)6(4-5)8(20)16-10-17-9(18-19-10)11(13,14)15/h2-4H,1H3,(H2,16,17,18,19,20). The Morgan fingerprint density at radius 1 is 1.43 bits per heavy atom. The number of H-pyrrole nitrogens is 1. The summed E-state index contributed by atoms with van der Waals surface area (Å²) in [5.74, 6) is -2.01. The van der Waals surface area contributed by atoms with Crippen LogP contribution in [0.15, 0.2) is 22.7 Å². The maximum absolute atomic E-state index is 12.4. The Hall–Kier alpha value is -2.10.